The molecule has 102 valence electrons. The lowest BCUT2D eigenvalue weighted by Crippen LogP contribution is -2.22. The van der Waals surface area contributed by atoms with Crippen LogP contribution in [0.5, 0.6) is 0 Å². The second-order valence-corrected chi connectivity index (χ2v) is 4.17. The summed E-state index contributed by atoms with van der Waals surface area (Å²) in [7, 11) is 0. The monoisotopic (exact) mass is 269 g/mol. The standard InChI is InChI=1S/C16H15NO3/c18-8-2-1-4-13-5-3-6-15(10-13)16(19)17-11-14-7-9-20-12-14/h3,5-7,9-10,12,18H,2,8,11H2,(H,17,19). The zero-order chi connectivity index (χ0) is 14.2. The third kappa shape index (κ3) is 4.01. The molecule has 0 aliphatic heterocycles. The summed E-state index contributed by atoms with van der Waals surface area (Å²) in [6.45, 7) is 0.466. The van der Waals surface area contributed by atoms with Gasteiger partial charge in [0.05, 0.1) is 19.1 Å². The van der Waals surface area contributed by atoms with Crippen molar-refractivity contribution in [2.24, 2.45) is 0 Å². The number of benzene rings is 1. The number of carbonyl (C=O) groups excluding carboxylic acids is 1. The van der Waals surface area contributed by atoms with Gasteiger partial charge < -0.3 is 14.8 Å². The fourth-order valence-corrected chi connectivity index (χ4v) is 1.64. The minimum atomic E-state index is -0.156. The molecular formula is C16H15NO3. The number of nitrogens with one attached hydrogen (secondary N) is 1. The van der Waals surface area contributed by atoms with E-state index in [1.165, 1.54) is 0 Å². The maximum absolute atomic E-state index is 12.0. The summed E-state index contributed by atoms with van der Waals surface area (Å²) >= 11 is 0. The first-order valence-electron chi connectivity index (χ1n) is 6.28. The quantitative estimate of drug-likeness (QED) is 0.834. The highest BCUT2D eigenvalue weighted by Gasteiger charge is 2.05. The Bertz CT molecular complexity index is 621. The molecule has 1 aromatic carbocycles. The first kappa shape index (κ1) is 13.9. The van der Waals surface area contributed by atoms with Crippen LogP contribution in [0.2, 0.25) is 0 Å². The van der Waals surface area contributed by atoms with Gasteiger partial charge in [-0.2, -0.15) is 0 Å². The average Bonchev–Trinajstić information content (AvgIpc) is 2.99. The molecule has 0 fully saturated rings. The maximum atomic E-state index is 12.0. The molecule has 1 amide bonds. The number of carbonyl (C=O) groups is 1. The first-order chi connectivity index (χ1) is 9.79. The van der Waals surface area contributed by atoms with Crippen LogP contribution in [-0.2, 0) is 6.54 Å². The highest BCUT2D eigenvalue weighted by Crippen LogP contribution is 2.05. The van der Waals surface area contributed by atoms with Gasteiger partial charge in [-0.1, -0.05) is 17.9 Å². The van der Waals surface area contributed by atoms with Gasteiger partial charge in [-0.3, -0.25) is 4.79 Å². The van der Waals surface area contributed by atoms with E-state index in [1.807, 2.05) is 6.07 Å². The van der Waals surface area contributed by atoms with E-state index in [0.717, 1.165) is 11.1 Å². The maximum Gasteiger partial charge on any atom is 0.251 e. The second kappa shape index (κ2) is 7.17. The van der Waals surface area contributed by atoms with Crippen LogP contribution in [0.15, 0.2) is 47.3 Å². The molecule has 0 radical (unpaired) electrons. The van der Waals surface area contributed by atoms with Gasteiger partial charge in [0.2, 0.25) is 0 Å². The Labute approximate surface area is 117 Å². The molecule has 0 aliphatic carbocycles. The molecule has 0 saturated carbocycles. The summed E-state index contributed by atoms with van der Waals surface area (Å²) < 4.78 is 4.94. The number of aliphatic hydroxyl groups excluding tert-OH is 1. The SMILES string of the molecule is O=C(NCc1ccoc1)c1cccc(C#CCCO)c1. The smallest absolute Gasteiger partial charge is 0.251 e. The molecule has 0 saturated heterocycles. The van der Waals surface area contributed by atoms with Crippen LogP contribution in [0.3, 0.4) is 0 Å². The minimum Gasteiger partial charge on any atom is -0.472 e. The highest BCUT2D eigenvalue weighted by molar-refractivity contribution is 5.94. The van der Waals surface area contributed by atoms with E-state index in [9.17, 15) is 4.79 Å². The lowest BCUT2D eigenvalue weighted by Gasteiger charge is -2.03. The summed E-state index contributed by atoms with van der Waals surface area (Å²) in [5.41, 5.74) is 2.23. The van der Waals surface area contributed by atoms with Crippen molar-refractivity contribution in [3.8, 4) is 11.8 Å². The van der Waals surface area contributed by atoms with Gasteiger partial charge in [0.15, 0.2) is 0 Å². The molecule has 2 N–H and O–H groups in total. The summed E-state index contributed by atoms with van der Waals surface area (Å²) in [6.07, 6.45) is 3.59. The fourth-order valence-electron chi connectivity index (χ4n) is 1.64. The van der Waals surface area contributed by atoms with Crippen LogP contribution >= 0.6 is 0 Å². The molecule has 0 atom stereocenters. The Morgan fingerprint density at radius 3 is 3.00 bits per heavy atom. The van der Waals surface area contributed by atoms with Crippen LogP contribution in [0.1, 0.15) is 27.9 Å². The number of rotatable bonds is 4. The minimum absolute atomic E-state index is 0.0396. The van der Waals surface area contributed by atoms with Gasteiger partial charge >= 0.3 is 0 Å². The molecule has 4 heteroatoms. The summed E-state index contributed by atoms with van der Waals surface area (Å²) in [4.78, 5) is 12.0. The Hall–Kier alpha value is -2.51. The number of aliphatic hydroxyl groups is 1. The predicted octanol–water partition coefficient (Wildman–Crippen LogP) is 1.94. The van der Waals surface area contributed by atoms with Crippen LogP contribution < -0.4 is 5.32 Å². The van der Waals surface area contributed by atoms with Crippen LogP contribution in [-0.4, -0.2) is 17.6 Å². The Morgan fingerprint density at radius 1 is 1.35 bits per heavy atom. The van der Waals surface area contributed by atoms with Gasteiger partial charge in [0.1, 0.15) is 0 Å². The topological polar surface area (TPSA) is 62.5 Å². The van der Waals surface area contributed by atoms with E-state index in [4.69, 9.17) is 9.52 Å². The van der Waals surface area contributed by atoms with E-state index in [1.54, 1.807) is 36.8 Å². The molecule has 0 aliphatic rings. The van der Waals surface area contributed by atoms with Crippen molar-refractivity contribution in [1.82, 2.24) is 5.32 Å². The van der Waals surface area contributed by atoms with Crippen LogP contribution in [0.25, 0.3) is 0 Å². The molecule has 20 heavy (non-hydrogen) atoms. The number of furan rings is 1. The van der Waals surface area contributed by atoms with Crippen LogP contribution in [0.4, 0.5) is 0 Å². The van der Waals surface area contributed by atoms with E-state index in [0.29, 0.717) is 18.5 Å². The normalized spacial score (nSPS) is 9.65. The van der Waals surface area contributed by atoms with Crippen molar-refractivity contribution >= 4 is 5.91 Å². The lowest BCUT2D eigenvalue weighted by atomic mass is 10.1. The molecule has 2 aromatic rings. The molecule has 2 rings (SSSR count). The molecule has 0 bridgehead atoms. The Kier molecular flexibility index (Phi) is 4.99. The number of hydrogen-bond acceptors (Lipinski definition) is 3. The first-order valence-corrected chi connectivity index (χ1v) is 6.28. The third-order valence-corrected chi connectivity index (χ3v) is 2.63. The third-order valence-electron chi connectivity index (χ3n) is 2.63. The summed E-state index contributed by atoms with van der Waals surface area (Å²) in [5.74, 6) is 5.58. The predicted molar refractivity (Wildman–Crippen MR) is 74.9 cm³/mol. The summed E-state index contributed by atoms with van der Waals surface area (Å²) in [5, 5.41) is 11.5. The van der Waals surface area contributed by atoms with E-state index < -0.39 is 0 Å². The van der Waals surface area contributed by atoms with Crippen molar-refractivity contribution in [3.05, 3.63) is 59.5 Å². The van der Waals surface area contributed by atoms with E-state index >= 15 is 0 Å². The lowest BCUT2D eigenvalue weighted by molar-refractivity contribution is 0.0951. The average molecular weight is 269 g/mol. The molecule has 1 heterocycles. The van der Waals surface area contributed by atoms with E-state index in [2.05, 4.69) is 17.2 Å². The van der Waals surface area contributed by atoms with Gasteiger partial charge in [-0.05, 0) is 24.3 Å². The van der Waals surface area contributed by atoms with Gasteiger partial charge in [0.25, 0.3) is 5.91 Å². The van der Waals surface area contributed by atoms with E-state index in [-0.39, 0.29) is 12.5 Å². The van der Waals surface area contributed by atoms with Crippen molar-refractivity contribution in [1.29, 1.82) is 0 Å². The second-order valence-electron chi connectivity index (χ2n) is 4.17. The largest absolute Gasteiger partial charge is 0.472 e. The van der Waals surface area contributed by atoms with Gasteiger partial charge in [0, 0.05) is 29.7 Å². The number of amides is 1. The molecule has 4 nitrogen and oxygen atoms in total. The van der Waals surface area contributed by atoms with Gasteiger partial charge in [-0.25, -0.2) is 0 Å². The zero-order valence-electron chi connectivity index (χ0n) is 10.9. The van der Waals surface area contributed by atoms with Crippen molar-refractivity contribution in [2.45, 2.75) is 13.0 Å². The number of hydrogen-bond donors (Lipinski definition) is 2. The highest BCUT2D eigenvalue weighted by atomic mass is 16.3. The molecular weight excluding hydrogens is 254 g/mol. The van der Waals surface area contributed by atoms with Crippen LogP contribution in [0, 0.1) is 11.8 Å². The molecule has 0 spiro atoms. The Morgan fingerprint density at radius 2 is 2.25 bits per heavy atom. The zero-order valence-corrected chi connectivity index (χ0v) is 10.9. The van der Waals surface area contributed by atoms with Crippen molar-refractivity contribution in [3.63, 3.8) is 0 Å². The molecule has 0 unspecified atom stereocenters. The fraction of sp³-hybridized carbons (Fsp3) is 0.188. The molecule has 1 aromatic heterocycles. The van der Waals surface area contributed by atoms with Gasteiger partial charge in [-0.15, -0.1) is 0 Å². The summed E-state index contributed by atoms with van der Waals surface area (Å²) in [6, 6.07) is 8.89. The Balaban J connectivity index is 1.99. The van der Waals surface area contributed by atoms with Crippen molar-refractivity contribution < 1.29 is 14.3 Å². The van der Waals surface area contributed by atoms with Crippen molar-refractivity contribution in [2.75, 3.05) is 6.61 Å².